The molecule has 49 heavy (non-hydrogen) atoms. The molecule has 5 heteroatoms. The first-order valence-corrected chi connectivity index (χ1v) is 16.5. The van der Waals surface area contributed by atoms with Crippen molar-refractivity contribution >= 4 is 60.0 Å². The first-order chi connectivity index (χ1) is 24.2. The highest BCUT2D eigenvalue weighted by molar-refractivity contribution is 6.21. The summed E-state index contributed by atoms with van der Waals surface area (Å²) >= 11 is 0. The second-order valence-corrected chi connectivity index (χ2v) is 12.1. The molecule has 236 valence electrons. The number of aromatic nitrogens is 2. The number of hydrogen-bond donors (Lipinski definition) is 2. The molecule has 0 aliphatic rings. The zero-order chi connectivity index (χ0) is 33.2. The maximum absolute atomic E-state index is 6.49. The van der Waals surface area contributed by atoms with Crippen LogP contribution in [0.2, 0.25) is 0 Å². The summed E-state index contributed by atoms with van der Waals surface area (Å²) in [5.41, 5.74) is 17.4. The van der Waals surface area contributed by atoms with Crippen LogP contribution in [0, 0.1) is 0 Å². The van der Waals surface area contributed by atoms with Crippen LogP contribution in [-0.4, -0.2) is 15.4 Å². The molecule has 9 aromatic rings. The van der Waals surface area contributed by atoms with Gasteiger partial charge in [0.2, 0.25) is 0 Å². The quantitative estimate of drug-likeness (QED) is 0.146. The number of nitrogens with zero attached hydrogens (tertiary/aromatic N) is 3. The van der Waals surface area contributed by atoms with E-state index in [1.807, 2.05) is 36.4 Å². The summed E-state index contributed by atoms with van der Waals surface area (Å²) in [6.07, 6.45) is 0. The summed E-state index contributed by atoms with van der Waals surface area (Å²) in [6, 6.07) is 56.5. The number of rotatable bonds is 5. The van der Waals surface area contributed by atoms with E-state index in [1.165, 1.54) is 48.7 Å². The monoisotopic (exact) mass is 633 g/mol. The molecule has 9 rings (SSSR count). The van der Waals surface area contributed by atoms with E-state index < -0.39 is 0 Å². The molecule has 0 unspecified atom stereocenters. The Morgan fingerprint density at radius 3 is 1.78 bits per heavy atom. The molecule has 5 nitrogen and oxygen atoms in total. The fourth-order valence-electron chi connectivity index (χ4n) is 6.83. The Hall–Kier alpha value is -6.30. The van der Waals surface area contributed by atoms with Gasteiger partial charge in [0.1, 0.15) is 17.3 Å². The number of amidine groups is 1. The third-order valence-corrected chi connectivity index (χ3v) is 9.19. The number of nitrogens with two attached hydrogens (primary N) is 2. The van der Waals surface area contributed by atoms with Gasteiger partial charge in [0.05, 0.1) is 17.6 Å². The van der Waals surface area contributed by atoms with Crippen LogP contribution in [0.4, 0.5) is 0 Å². The Morgan fingerprint density at radius 2 is 1.06 bits per heavy atom. The number of fused-ring (bicyclic) bond motifs is 7. The first-order valence-electron chi connectivity index (χ1n) is 16.5. The van der Waals surface area contributed by atoms with Crippen LogP contribution in [-0.2, 0) is 13.1 Å². The van der Waals surface area contributed by atoms with Crippen LogP contribution in [0.1, 0.15) is 16.8 Å². The van der Waals surface area contributed by atoms with E-state index in [2.05, 4.69) is 132 Å². The van der Waals surface area contributed by atoms with Gasteiger partial charge in [-0.25, -0.2) is 4.98 Å². The second kappa shape index (κ2) is 13.1. The van der Waals surface area contributed by atoms with Gasteiger partial charge in [0.25, 0.3) is 0 Å². The smallest absolute Gasteiger partial charge is 0.145 e. The Labute approximate surface area is 284 Å². The Morgan fingerprint density at radius 1 is 0.510 bits per heavy atom. The number of benzene rings is 7. The lowest BCUT2D eigenvalue weighted by atomic mass is 10.0. The molecule has 0 bridgehead atoms. The average Bonchev–Trinajstić information content (AvgIpc) is 3.52. The van der Waals surface area contributed by atoms with Gasteiger partial charge in [-0.1, -0.05) is 140 Å². The van der Waals surface area contributed by atoms with Crippen LogP contribution < -0.4 is 11.5 Å². The van der Waals surface area contributed by atoms with Gasteiger partial charge in [-0.15, -0.1) is 0 Å². The number of pyridine rings is 1. The summed E-state index contributed by atoms with van der Waals surface area (Å²) in [7, 11) is 0. The van der Waals surface area contributed by atoms with Gasteiger partial charge in [0, 0.05) is 17.3 Å². The topological polar surface area (TPSA) is 82.2 Å². The molecule has 0 saturated heterocycles. The van der Waals surface area contributed by atoms with Crippen molar-refractivity contribution in [3.05, 3.63) is 181 Å². The molecule has 0 fully saturated rings. The summed E-state index contributed by atoms with van der Waals surface area (Å²) in [5, 5.41) is 9.83. The van der Waals surface area contributed by atoms with Crippen LogP contribution in [0.3, 0.4) is 0 Å². The van der Waals surface area contributed by atoms with Crippen molar-refractivity contribution in [3.8, 4) is 5.82 Å². The number of hydrogen-bond acceptors (Lipinski definition) is 3. The zero-order valence-electron chi connectivity index (χ0n) is 27.0. The third kappa shape index (κ3) is 5.67. The van der Waals surface area contributed by atoms with E-state index in [-0.39, 0.29) is 0 Å². The summed E-state index contributed by atoms with van der Waals surface area (Å²) in [4.78, 5) is 9.70. The molecule has 2 aromatic heterocycles. The minimum Gasteiger partial charge on any atom is -0.382 e. The van der Waals surface area contributed by atoms with Gasteiger partial charge in [0.15, 0.2) is 0 Å². The molecule has 7 aromatic carbocycles. The van der Waals surface area contributed by atoms with Crippen LogP contribution in [0.25, 0.3) is 59.9 Å². The van der Waals surface area contributed by atoms with Gasteiger partial charge < -0.3 is 11.5 Å². The van der Waals surface area contributed by atoms with Gasteiger partial charge in [-0.3, -0.25) is 9.56 Å². The molecular formula is C44H35N5. The zero-order valence-corrected chi connectivity index (χ0v) is 27.0. The lowest BCUT2D eigenvalue weighted by molar-refractivity contribution is 1.05. The van der Waals surface area contributed by atoms with E-state index >= 15 is 0 Å². The molecule has 0 amide bonds. The Bertz CT molecular complexity index is 2640. The highest BCUT2D eigenvalue weighted by atomic mass is 15.1. The molecule has 2 heterocycles. The molecule has 4 N–H and O–H groups in total. The van der Waals surface area contributed by atoms with Crippen LogP contribution in [0.5, 0.6) is 0 Å². The largest absolute Gasteiger partial charge is 0.382 e. The van der Waals surface area contributed by atoms with Gasteiger partial charge in [-0.05, 0) is 67.7 Å². The van der Waals surface area contributed by atoms with E-state index in [0.29, 0.717) is 24.6 Å². The minimum absolute atomic E-state index is 0.431. The van der Waals surface area contributed by atoms with Crippen molar-refractivity contribution in [2.45, 2.75) is 13.1 Å². The Balaban J connectivity index is 0.000000245. The molecule has 0 aliphatic carbocycles. The van der Waals surface area contributed by atoms with Crippen molar-refractivity contribution in [2.24, 2.45) is 16.5 Å². The van der Waals surface area contributed by atoms with Crippen molar-refractivity contribution in [1.82, 2.24) is 9.55 Å². The average molecular weight is 634 g/mol. The molecule has 0 aliphatic heterocycles. The number of para-hydroxylation sites is 1. The van der Waals surface area contributed by atoms with Crippen molar-refractivity contribution in [3.63, 3.8) is 0 Å². The first kappa shape index (κ1) is 30.1. The third-order valence-electron chi connectivity index (χ3n) is 9.19. The fraction of sp³-hybridized carbons (Fsp3) is 0.0455. The van der Waals surface area contributed by atoms with Crippen molar-refractivity contribution in [2.75, 3.05) is 0 Å². The van der Waals surface area contributed by atoms with Crippen molar-refractivity contribution < 1.29 is 0 Å². The second-order valence-electron chi connectivity index (χ2n) is 12.1. The maximum Gasteiger partial charge on any atom is 0.145 e. The molecule has 0 saturated carbocycles. The Kier molecular flexibility index (Phi) is 8.02. The maximum atomic E-state index is 6.49. The summed E-state index contributed by atoms with van der Waals surface area (Å²) < 4.78 is 2.22. The minimum atomic E-state index is 0.431. The van der Waals surface area contributed by atoms with Crippen LogP contribution in [0.15, 0.2) is 169 Å². The van der Waals surface area contributed by atoms with E-state index in [1.54, 1.807) is 0 Å². The highest BCUT2D eigenvalue weighted by Crippen LogP contribution is 2.36. The number of aliphatic imine (C=N–C) groups is 1. The highest BCUT2D eigenvalue weighted by Gasteiger charge is 2.16. The predicted molar refractivity (Wildman–Crippen MR) is 206 cm³/mol. The lowest BCUT2D eigenvalue weighted by Gasteiger charge is -2.10. The summed E-state index contributed by atoms with van der Waals surface area (Å²) in [5.74, 6) is 1.25. The predicted octanol–water partition coefficient (Wildman–Crippen LogP) is 9.69. The van der Waals surface area contributed by atoms with E-state index in [4.69, 9.17) is 21.4 Å². The van der Waals surface area contributed by atoms with Gasteiger partial charge in [-0.2, -0.15) is 0 Å². The lowest BCUT2D eigenvalue weighted by Crippen LogP contribution is -2.16. The standard InChI is InChI=1S/C33H24N4.C11H11N/c34-33(35-21-24-12-7-11-22-9-1-3-13-25(22)24)28-16-8-18-31(36-28)37-29-17-6-5-15-27(29)32-26-14-4-2-10-23(26)19-20-30(32)37;12-8-10-6-3-5-9-4-1-2-7-11(9)10/h1-20H,21H2,(H2,34,35);1-7H,8,12H2. The fourth-order valence-corrected chi connectivity index (χ4v) is 6.83. The normalized spacial score (nSPS) is 11.7. The molecular weight excluding hydrogens is 599 g/mol. The molecule has 0 spiro atoms. The molecule has 0 atom stereocenters. The van der Waals surface area contributed by atoms with E-state index in [0.717, 1.165) is 22.4 Å². The van der Waals surface area contributed by atoms with Crippen molar-refractivity contribution in [1.29, 1.82) is 0 Å². The SMILES string of the molecule is NC(=NCc1cccc2ccccc12)c1cccc(-n2c3ccccc3c3c4ccccc4ccc32)n1.NCc1cccc2ccccc12. The van der Waals surface area contributed by atoms with Crippen LogP contribution >= 0.6 is 0 Å². The van der Waals surface area contributed by atoms with Gasteiger partial charge >= 0.3 is 0 Å². The van der Waals surface area contributed by atoms with E-state index in [9.17, 15) is 0 Å². The molecule has 0 radical (unpaired) electrons. The summed E-state index contributed by atoms with van der Waals surface area (Å²) in [6.45, 7) is 1.11.